The van der Waals surface area contributed by atoms with E-state index in [1.54, 1.807) is 32.9 Å². The van der Waals surface area contributed by atoms with Gasteiger partial charge in [0.05, 0.1) is 5.54 Å². The van der Waals surface area contributed by atoms with E-state index >= 15 is 0 Å². The zero-order valence-corrected chi connectivity index (χ0v) is 21.2. The first-order chi connectivity index (χ1) is 15.5. The van der Waals surface area contributed by atoms with Crippen LogP contribution in [0.4, 0.5) is 14.5 Å². The number of nitrogens with one attached hydrogen (secondary N) is 2. The Bertz CT molecular complexity index is 1240. The highest BCUT2D eigenvalue weighted by Gasteiger charge is 2.22. The highest BCUT2D eigenvalue weighted by Crippen LogP contribution is 2.31. The van der Waals surface area contributed by atoms with Gasteiger partial charge in [-0.2, -0.15) is 0 Å². The molecule has 0 aliphatic heterocycles. The van der Waals surface area contributed by atoms with Crippen molar-refractivity contribution in [2.45, 2.75) is 39.3 Å². The minimum absolute atomic E-state index is 0. The molecule has 4 N–H and O–H groups in total. The van der Waals surface area contributed by atoms with Gasteiger partial charge in [-0.05, 0) is 66.5 Å². The van der Waals surface area contributed by atoms with Gasteiger partial charge in [0.1, 0.15) is 28.5 Å². The highest BCUT2D eigenvalue weighted by molar-refractivity contribution is 9.10. The Morgan fingerprint density at radius 1 is 1.18 bits per heavy atom. The summed E-state index contributed by atoms with van der Waals surface area (Å²) >= 11 is 3.26. The molecule has 2 aromatic carbocycles. The predicted octanol–water partition coefficient (Wildman–Crippen LogP) is 4.99. The molecule has 0 unspecified atom stereocenters. The molecule has 34 heavy (non-hydrogen) atoms. The van der Waals surface area contributed by atoms with E-state index in [9.17, 15) is 18.4 Å². The van der Waals surface area contributed by atoms with Crippen LogP contribution in [0, 0.1) is 18.6 Å². The summed E-state index contributed by atoms with van der Waals surface area (Å²) in [5, 5.41) is 2.75. The largest absolute Gasteiger partial charge is 0.487 e. The number of aromatic amines is 1. The molecule has 0 fully saturated rings. The van der Waals surface area contributed by atoms with Crippen LogP contribution in [0.2, 0.25) is 0 Å². The standard InChI is InChI=1S/C24H24BrF2N3O3.ClH/c1-13-18(10-14-4-8-17(9-5-14)30-23(32)24(2,3)28)21(20(25)22(31)29-13)33-12-15-6-7-16(26)11-19(15)27;/h4-9,11H,10,12,28H2,1-3H3,(H,29,31)(H,30,32);1H. The molecule has 1 amide bonds. The molecule has 0 saturated carbocycles. The maximum atomic E-state index is 14.0. The summed E-state index contributed by atoms with van der Waals surface area (Å²) in [7, 11) is 0. The van der Waals surface area contributed by atoms with Gasteiger partial charge in [0, 0.05) is 35.0 Å². The monoisotopic (exact) mass is 555 g/mol. The number of ether oxygens (including phenoxy) is 1. The van der Waals surface area contributed by atoms with Crippen molar-refractivity contribution in [3.63, 3.8) is 0 Å². The van der Waals surface area contributed by atoms with Crippen molar-refractivity contribution in [1.29, 1.82) is 0 Å². The molecule has 1 heterocycles. The Labute approximate surface area is 210 Å². The maximum Gasteiger partial charge on any atom is 0.266 e. The molecule has 0 aliphatic rings. The number of hydrogen-bond donors (Lipinski definition) is 3. The number of carbonyl (C=O) groups is 1. The fraction of sp³-hybridized carbons (Fsp3) is 0.250. The molecule has 182 valence electrons. The number of aromatic nitrogens is 1. The van der Waals surface area contributed by atoms with Gasteiger partial charge >= 0.3 is 0 Å². The van der Waals surface area contributed by atoms with E-state index in [4.69, 9.17) is 10.5 Å². The van der Waals surface area contributed by atoms with Gasteiger partial charge in [-0.3, -0.25) is 9.59 Å². The van der Waals surface area contributed by atoms with E-state index in [1.807, 2.05) is 12.1 Å². The molecule has 3 rings (SSSR count). The summed E-state index contributed by atoms with van der Waals surface area (Å²) in [6.07, 6.45) is 0.402. The quantitative estimate of drug-likeness (QED) is 0.382. The molecule has 0 atom stereocenters. The molecule has 10 heteroatoms. The third-order valence-electron chi connectivity index (χ3n) is 4.99. The topological polar surface area (TPSA) is 97.2 Å². The number of hydrogen-bond acceptors (Lipinski definition) is 4. The number of nitrogens with two attached hydrogens (primary N) is 1. The van der Waals surface area contributed by atoms with Crippen LogP contribution in [0.25, 0.3) is 0 Å². The number of halogens is 4. The second-order valence-electron chi connectivity index (χ2n) is 8.27. The SMILES string of the molecule is Cc1[nH]c(=O)c(Br)c(OCc2ccc(F)cc2F)c1Cc1ccc(NC(=O)C(C)(C)N)cc1.Cl. The number of carbonyl (C=O) groups excluding carboxylic acids is 1. The van der Waals surface area contributed by atoms with E-state index in [0.717, 1.165) is 17.7 Å². The first-order valence-electron chi connectivity index (χ1n) is 10.1. The maximum absolute atomic E-state index is 14.0. The fourth-order valence-corrected chi connectivity index (χ4v) is 3.51. The number of pyridine rings is 1. The summed E-state index contributed by atoms with van der Waals surface area (Å²) in [4.78, 5) is 27.1. The minimum atomic E-state index is -1.01. The third kappa shape index (κ3) is 6.65. The third-order valence-corrected chi connectivity index (χ3v) is 5.71. The van der Waals surface area contributed by atoms with Crippen LogP contribution < -0.4 is 21.3 Å². The van der Waals surface area contributed by atoms with Crippen molar-refractivity contribution in [3.8, 4) is 5.75 Å². The van der Waals surface area contributed by atoms with Crippen molar-refractivity contribution in [3.05, 3.63) is 91.3 Å². The summed E-state index contributed by atoms with van der Waals surface area (Å²) in [6.45, 7) is 4.80. The lowest BCUT2D eigenvalue weighted by molar-refractivity contribution is -0.120. The number of benzene rings is 2. The van der Waals surface area contributed by atoms with Gasteiger partial charge in [0.2, 0.25) is 5.91 Å². The summed E-state index contributed by atoms with van der Waals surface area (Å²) in [6, 6.07) is 10.4. The average Bonchev–Trinajstić information content (AvgIpc) is 2.73. The van der Waals surface area contributed by atoms with Gasteiger partial charge in [-0.25, -0.2) is 8.78 Å². The molecule has 0 aliphatic carbocycles. The van der Waals surface area contributed by atoms with Crippen molar-refractivity contribution >= 4 is 39.9 Å². The van der Waals surface area contributed by atoms with Crippen LogP contribution >= 0.6 is 28.3 Å². The minimum Gasteiger partial charge on any atom is -0.487 e. The average molecular weight is 557 g/mol. The van der Waals surface area contributed by atoms with Crippen LogP contribution in [0.15, 0.2) is 51.7 Å². The Morgan fingerprint density at radius 2 is 1.82 bits per heavy atom. The lowest BCUT2D eigenvalue weighted by Crippen LogP contribution is -2.45. The molecule has 0 radical (unpaired) electrons. The normalized spacial score (nSPS) is 11.0. The number of H-pyrrole nitrogens is 1. The van der Waals surface area contributed by atoms with E-state index in [0.29, 0.717) is 23.4 Å². The van der Waals surface area contributed by atoms with Crippen LogP contribution in [-0.4, -0.2) is 16.4 Å². The molecular formula is C24H25BrClF2N3O3. The zero-order chi connectivity index (χ0) is 24.3. The van der Waals surface area contributed by atoms with E-state index in [-0.39, 0.29) is 46.3 Å². The Kier molecular flexibility index (Phi) is 8.99. The van der Waals surface area contributed by atoms with E-state index < -0.39 is 17.2 Å². The molecule has 0 bridgehead atoms. The number of rotatable bonds is 7. The van der Waals surface area contributed by atoms with Crippen molar-refractivity contribution in [2.24, 2.45) is 5.73 Å². The van der Waals surface area contributed by atoms with Gasteiger partial charge < -0.3 is 20.8 Å². The molecular weight excluding hydrogens is 532 g/mol. The smallest absolute Gasteiger partial charge is 0.266 e. The van der Waals surface area contributed by atoms with Crippen LogP contribution in [0.5, 0.6) is 5.75 Å². The molecule has 1 aromatic heterocycles. The fourth-order valence-electron chi connectivity index (χ4n) is 3.06. The van der Waals surface area contributed by atoms with E-state index in [1.165, 1.54) is 6.07 Å². The predicted molar refractivity (Wildman–Crippen MR) is 134 cm³/mol. The van der Waals surface area contributed by atoms with Crippen molar-refractivity contribution in [2.75, 3.05) is 5.32 Å². The van der Waals surface area contributed by atoms with Gasteiger partial charge in [0.15, 0.2) is 0 Å². The second-order valence-corrected chi connectivity index (χ2v) is 9.07. The van der Waals surface area contributed by atoms with Crippen LogP contribution in [0.1, 0.15) is 36.2 Å². The lowest BCUT2D eigenvalue weighted by atomic mass is 10.0. The number of anilines is 1. The van der Waals surface area contributed by atoms with E-state index in [2.05, 4.69) is 26.2 Å². The molecule has 0 spiro atoms. The highest BCUT2D eigenvalue weighted by atomic mass is 79.9. The number of aryl methyl sites for hydroxylation is 1. The number of amides is 1. The van der Waals surface area contributed by atoms with Crippen molar-refractivity contribution in [1.82, 2.24) is 4.98 Å². The first kappa shape index (κ1) is 27.5. The Balaban J connectivity index is 0.00000408. The zero-order valence-electron chi connectivity index (χ0n) is 18.8. The van der Waals surface area contributed by atoms with Gasteiger partial charge in [0.25, 0.3) is 5.56 Å². The van der Waals surface area contributed by atoms with Crippen molar-refractivity contribution < 1.29 is 18.3 Å². The summed E-state index contributed by atoms with van der Waals surface area (Å²) in [5.41, 5.74) is 7.37. The molecule has 3 aromatic rings. The summed E-state index contributed by atoms with van der Waals surface area (Å²) < 4.78 is 33.2. The first-order valence-corrected chi connectivity index (χ1v) is 10.9. The summed E-state index contributed by atoms with van der Waals surface area (Å²) in [5.74, 6) is -1.44. The van der Waals surface area contributed by atoms with Crippen LogP contribution in [-0.2, 0) is 17.8 Å². The lowest BCUT2D eigenvalue weighted by Gasteiger charge is -2.18. The Morgan fingerprint density at radius 3 is 2.41 bits per heavy atom. The molecule has 0 saturated heterocycles. The second kappa shape index (κ2) is 11.1. The Hall–Kier alpha value is -2.75. The van der Waals surface area contributed by atoms with Gasteiger partial charge in [-0.15, -0.1) is 12.4 Å². The molecule has 6 nitrogen and oxygen atoms in total. The van der Waals surface area contributed by atoms with Crippen LogP contribution in [0.3, 0.4) is 0 Å². The van der Waals surface area contributed by atoms with Gasteiger partial charge in [-0.1, -0.05) is 12.1 Å².